The van der Waals surface area contributed by atoms with E-state index in [4.69, 9.17) is 21.1 Å². The molecule has 4 heteroatoms. The van der Waals surface area contributed by atoms with E-state index in [0.29, 0.717) is 6.79 Å². The molecule has 3 rings (SSSR count). The predicted octanol–water partition coefficient (Wildman–Crippen LogP) is 4.55. The molecule has 104 valence electrons. The first-order chi connectivity index (χ1) is 9.63. The van der Waals surface area contributed by atoms with Crippen molar-refractivity contribution in [1.82, 2.24) is 0 Å². The first kappa shape index (κ1) is 13.1. The molecule has 1 N–H and O–H groups in total. The average Bonchev–Trinajstić information content (AvgIpc) is 2.89. The van der Waals surface area contributed by atoms with Gasteiger partial charge < -0.3 is 14.8 Å². The maximum atomic E-state index is 6.25. The van der Waals surface area contributed by atoms with Crippen LogP contribution in [0, 0.1) is 6.92 Å². The molecule has 0 saturated carbocycles. The Morgan fingerprint density at radius 1 is 1.10 bits per heavy atom. The molecule has 0 aromatic heterocycles. The molecule has 1 unspecified atom stereocenters. The van der Waals surface area contributed by atoms with E-state index < -0.39 is 0 Å². The maximum absolute atomic E-state index is 6.25. The second-order valence-corrected chi connectivity index (χ2v) is 5.37. The van der Waals surface area contributed by atoms with Crippen LogP contribution >= 0.6 is 11.6 Å². The molecule has 0 fully saturated rings. The van der Waals surface area contributed by atoms with Gasteiger partial charge >= 0.3 is 0 Å². The van der Waals surface area contributed by atoms with Gasteiger partial charge in [-0.15, -0.1) is 0 Å². The summed E-state index contributed by atoms with van der Waals surface area (Å²) in [4.78, 5) is 0. The highest BCUT2D eigenvalue weighted by atomic mass is 35.5. The Labute approximate surface area is 123 Å². The second-order valence-electron chi connectivity index (χ2n) is 4.96. The topological polar surface area (TPSA) is 30.5 Å². The van der Waals surface area contributed by atoms with Gasteiger partial charge in [0.1, 0.15) is 0 Å². The minimum atomic E-state index is 0.129. The Hall–Kier alpha value is -1.87. The van der Waals surface area contributed by atoms with Crippen LogP contribution in [0.1, 0.15) is 24.1 Å². The van der Waals surface area contributed by atoms with Gasteiger partial charge in [-0.25, -0.2) is 0 Å². The lowest BCUT2D eigenvalue weighted by molar-refractivity contribution is 0.174. The molecule has 1 heterocycles. The third-order valence-electron chi connectivity index (χ3n) is 3.39. The fourth-order valence-electron chi connectivity index (χ4n) is 2.24. The average molecular weight is 290 g/mol. The number of rotatable bonds is 3. The molecule has 3 nitrogen and oxygen atoms in total. The fourth-order valence-corrected chi connectivity index (χ4v) is 2.53. The monoisotopic (exact) mass is 289 g/mol. The zero-order chi connectivity index (χ0) is 14.1. The lowest BCUT2D eigenvalue weighted by Gasteiger charge is -2.17. The van der Waals surface area contributed by atoms with Gasteiger partial charge in [-0.1, -0.05) is 23.7 Å². The van der Waals surface area contributed by atoms with Crippen LogP contribution in [-0.4, -0.2) is 6.79 Å². The summed E-state index contributed by atoms with van der Waals surface area (Å²) in [5.74, 6) is 1.60. The Morgan fingerprint density at radius 3 is 2.70 bits per heavy atom. The van der Waals surface area contributed by atoms with Gasteiger partial charge in [-0.2, -0.15) is 0 Å². The van der Waals surface area contributed by atoms with Crippen molar-refractivity contribution in [3.63, 3.8) is 0 Å². The van der Waals surface area contributed by atoms with Crippen molar-refractivity contribution >= 4 is 17.3 Å². The molecule has 20 heavy (non-hydrogen) atoms. The molecule has 0 spiro atoms. The summed E-state index contributed by atoms with van der Waals surface area (Å²) in [6.07, 6.45) is 0. The van der Waals surface area contributed by atoms with E-state index in [9.17, 15) is 0 Å². The number of anilines is 1. The first-order valence-electron chi connectivity index (χ1n) is 6.56. The van der Waals surface area contributed by atoms with E-state index in [-0.39, 0.29) is 6.04 Å². The highest BCUT2D eigenvalue weighted by Crippen LogP contribution is 2.35. The number of hydrogen-bond acceptors (Lipinski definition) is 3. The zero-order valence-electron chi connectivity index (χ0n) is 11.4. The summed E-state index contributed by atoms with van der Waals surface area (Å²) < 4.78 is 10.7. The van der Waals surface area contributed by atoms with E-state index in [0.717, 1.165) is 33.3 Å². The van der Waals surface area contributed by atoms with Crippen molar-refractivity contribution in [3.8, 4) is 11.5 Å². The van der Waals surface area contributed by atoms with E-state index in [2.05, 4.69) is 12.2 Å². The van der Waals surface area contributed by atoms with Crippen LogP contribution in [0.4, 0.5) is 5.69 Å². The molecule has 1 atom stereocenters. The largest absolute Gasteiger partial charge is 0.454 e. The Bertz CT molecular complexity index is 642. The summed E-state index contributed by atoms with van der Waals surface area (Å²) in [6.45, 7) is 4.41. The number of ether oxygens (including phenoxy) is 2. The van der Waals surface area contributed by atoms with Crippen LogP contribution in [0.15, 0.2) is 36.4 Å². The van der Waals surface area contributed by atoms with E-state index >= 15 is 0 Å². The number of halogens is 1. The van der Waals surface area contributed by atoms with Crippen LogP contribution in [0.5, 0.6) is 11.5 Å². The van der Waals surface area contributed by atoms with Crippen LogP contribution < -0.4 is 14.8 Å². The number of benzene rings is 2. The minimum Gasteiger partial charge on any atom is -0.454 e. The lowest BCUT2D eigenvalue weighted by Crippen LogP contribution is -2.07. The van der Waals surface area contributed by atoms with Gasteiger partial charge in [-0.3, -0.25) is 0 Å². The quantitative estimate of drug-likeness (QED) is 0.899. The fraction of sp³-hybridized carbons (Fsp3) is 0.250. The third-order valence-corrected chi connectivity index (χ3v) is 3.71. The summed E-state index contributed by atoms with van der Waals surface area (Å²) in [5.41, 5.74) is 3.21. The molecule has 0 radical (unpaired) electrons. The minimum absolute atomic E-state index is 0.129. The molecular weight excluding hydrogens is 274 g/mol. The van der Waals surface area contributed by atoms with Crippen molar-refractivity contribution in [2.45, 2.75) is 19.9 Å². The lowest BCUT2D eigenvalue weighted by atomic mass is 10.1. The molecule has 0 amide bonds. The number of hydrogen-bond donors (Lipinski definition) is 1. The van der Waals surface area contributed by atoms with Gasteiger partial charge in [-0.05, 0) is 49.2 Å². The van der Waals surface area contributed by atoms with Crippen LogP contribution in [0.25, 0.3) is 0 Å². The van der Waals surface area contributed by atoms with Gasteiger partial charge in [0, 0.05) is 6.04 Å². The van der Waals surface area contributed by atoms with Crippen molar-refractivity contribution in [2.75, 3.05) is 12.1 Å². The summed E-state index contributed by atoms with van der Waals surface area (Å²) in [7, 11) is 0. The number of nitrogens with one attached hydrogen (secondary N) is 1. The van der Waals surface area contributed by atoms with E-state index in [1.165, 1.54) is 0 Å². The molecular formula is C16H16ClNO2. The molecule has 1 aliphatic rings. The molecule has 1 aliphatic heterocycles. The van der Waals surface area contributed by atoms with Gasteiger partial charge in [0.25, 0.3) is 0 Å². The van der Waals surface area contributed by atoms with Crippen molar-refractivity contribution < 1.29 is 9.47 Å². The van der Waals surface area contributed by atoms with Gasteiger partial charge in [0.15, 0.2) is 11.5 Å². The number of aryl methyl sites for hydroxylation is 1. The summed E-state index contributed by atoms with van der Waals surface area (Å²) >= 11 is 6.25. The summed E-state index contributed by atoms with van der Waals surface area (Å²) in [6, 6.07) is 12.1. The smallest absolute Gasteiger partial charge is 0.231 e. The molecule has 0 bridgehead atoms. The van der Waals surface area contributed by atoms with E-state index in [1.807, 2.05) is 43.3 Å². The van der Waals surface area contributed by atoms with Crippen LogP contribution in [0.3, 0.4) is 0 Å². The summed E-state index contributed by atoms with van der Waals surface area (Å²) in [5, 5.41) is 4.15. The Balaban J connectivity index is 1.80. The second kappa shape index (κ2) is 5.25. The predicted molar refractivity (Wildman–Crippen MR) is 80.8 cm³/mol. The van der Waals surface area contributed by atoms with Gasteiger partial charge in [0.05, 0.1) is 10.7 Å². The normalized spacial score (nSPS) is 14.2. The number of fused-ring (bicyclic) bond motifs is 1. The van der Waals surface area contributed by atoms with Crippen molar-refractivity contribution in [2.24, 2.45) is 0 Å². The zero-order valence-corrected chi connectivity index (χ0v) is 12.2. The highest BCUT2D eigenvalue weighted by molar-refractivity contribution is 6.33. The maximum Gasteiger partial charge on any atom is 0.231 e. The highest BCUT2D eigenvalue weighted by Gasteiger charge is 2.16. The SMILES string of the molecule is Cc1ccc(NC(C)c2ccc3c(c2)OCO3)c(Cl)c1. The Kier molecular flexibility index (Phi) is 3.45. The van der Waals surface area contributed by atoms with Gasteiger partial charge in [0.2, 0.25) is 6.79 Å². The molecule has 0 aliphatic carbocycles. The first-order valence-corrected chi connectivity index (χ1v) is 6.93. The van der Waals surface area contributed by atoms with E-state index in [1.54, 1.807) is 0 Å². The molecule has 2 aromatic rings. The Morgan fingerprint density at radius 2 is 1.90 bits per heavy atom. The molecule has 2 aromatic carbocycles. The van der Waals surface area contributed by atoms with Crippen molar-refractivity contribution in [1.29, 1.82) is 0 Å². The van der Waals surface area contributed by atoms with Crippen LogP contribution in [0.2, 0.25) is 5.02 Å². The standard InChI is InChI=1S/C16H16ClNO2/c1-10-3-5-14(13(17)7-10)18-11(2)12-4-6-15-16(8-12)20-9-19-15/h3-8,11,18H,9H2,1-2H3. The van der Waals surface area contributed by atoms with Crippen molar-refractivity contribution in [3.05, 3.63) is 52.5 Å². The third kappa shape index (κ3) is 2.54. The van der Waals surface area contributed by atoms with Crippen LogP contribution in [-0.2, 0) is 0 Å². The molecule has 0 saturated heterocycles.